The van der Waals surface area contributed by atoms with Crippen LogP contribution in [0.4, 0.5) is 5.69 Å². The average Bonchev–Trinajstić information content (AvgIpc) is 3.00. The molecule has 1 aliphatic rings. The second-order valence-electron chi connectivity index (χ2n) is 6.16. The van der Waals surface area contributed by atoms with E-state index >= 15 is 0 Å². The molecular weight excluding hydrogens is 358 g/mol. The molecule has 130 valence electrons. The van der Waals surface area contributed by atoms with E-state index in [9.17, 15) is 4.79 Å². The number of nitrogens with one attached hydrogen (secondary N) is 2. The van der Waals surface area contributed by atoms with Gasteiger partial charge in [0.15, 0.2) is 0 Å². The van der Waals surface area contributed by atoms with Gasteiger partial charge in [0.1, 0.15) is 10.6 Å². The number of hydrogen-bond donors (Lipinski definition) is 2. The Morgan fingerprint density at radius 2 is 2.04 bits per heavy atom. The summed E-state index contributed by atoms with van der Waals surface area (Å²) in [7, 11) is 0. The van der Waals surface area contributed by atoms with E-state index in [4.69, 9.17) is 11.4 Å². The van der Waals surface area contributed by atoms with Crippen LogP contribution in [0.3, 0.4) is 0 Å². The van der Waals surface area contributed by atoms with Crippen LogP contribution >= 0.6 is 11.3 Å². The highest BCUT2D eigenvalue weighted by Crippen LogP contribution is 2.40. The molecule has 1 aromatic carbocycles. The predicted octanol–water partition coefficient (Wildman–Crippen LogP) is 3.04. The molecule has 4 aromatic rings. The van der Waals surface area contributed by atoms with Crippen LogP contribution in [-0.2, 0) is 0 Å². The van der Waals surface area contributed by atoms with Crippen molar-refractivity contribution < 1.29 is 4.79 Å². The maximum Gasteiger partial charge on any atom is 0.263 e. The Balaban J connectivity index is 1.73. The van der Waals surface area contributed by atoms with Crippen LogP contribution in [-0.4, -0.2) is 34.2 Å². The molecule has 5 rings (SSSR count). The normalized spacial score (nSPS) is 13.5. The van der Waals surface area contributed by atoms with Gasteiger partial charge in [-0.15, -0.1) is 22.9 Å². The third kappa shape index (κ3) is 2.50. The van der Waals surface area contributed by atoms with Crippen molar-refractivity contribution in [1.82, 2.24) is 20.5 Å². The Bertz CT molecular complexity index is 1270. The van der Waals surface area contributed by atoms with Crippen molar-refractivity contribution in [2.24, 2.45) is 0 Å². The van der Waals surface area contributed by atoms with Crippen LogP contribution in [0.15, 0.2) is 36.5 Å². The summed E-state index contributed by atoms with van der Waals surface area (Å²) >= 11 is 1.50. The van der Waals surface area contributed by atoms with Gasteiger partial charge in [-0.05, 0) is 36.3 Å². The van der Waals surface area contributed by atoms with Gasteiger partial charge >= 0.3 is 0 Å². The van der Waals surface area contributed by atoms with Gasteiger partial charge in [0.05, 0.1) is 23.1 Å². The van der Waals surface area contributed by atoms with E-state index in [1.807, 2.05) is 24.3 Å². The molecule has 2 N–H and O–H groups in total. The van der Waals surface area contributed by atoms with Gasteiger partial charge in [-0.3, -0.25) is 4.79 Å². The number of anilines is 1. The lowest BCUT2D eigenvalue weighted by molar-refractivity contribution is 0.0962. The fraction of sp³-hybridized carbons (Fsp3) is 0.100. The Morgan fingerprint density at radius 3 is 2.93 bits per heavy atom. The number of terminal acetylenes is 1. The first-order chi connectivity index (χ1) is 13.2. The fourth-order valence-corrected chi connectivity index (χ4v) is 4.42. The number of carbonyl (C=O) groups excluding carboxylic acids is 1. The standard InChI is InChI=1S/C20H13N5OS/c1-2-12-9-11(10-23-25-12)14-4-3-13-15(24-14)5-6-16-17(13)18-19(27-16)20(26)22-8-7-21-18/h1,3-6,9-10,21H,7-8H2,(H,22,26). The lowest BCUT2D eigenvalue weighted by Crippen LogP contribution is -2.24. The highest BCUT2D eigenvalue weighted by atomic mass is 32.1. The average molecular weight is 371 g/mol. The number of amides is 1. The molecule has 0 fully saturated rings. The van der Waals surface area contributed by atoms with Gasteiger partial charge in [-0.25, -0.2) is 4.98 Å². The van der Waals surface area contributed by atoms with Crippen LogP contribution in [0.5, 0.6) is 0 Å². The molecule has 0 spiro atoms. The third-order valence-electron chi connectivity index (χ3n) is 4.54. The molecule has 0 atom stereocenters. The molecule has 0 radical (unpaired) electrons. The van der Waals surface area contributed by atoms with Crippen LogP contribution in [0, 0.1) is 12.3 Å². The first-order valence-corrected chi connectivity index (χ1v) is 9.24. The summed E-state index contributed by atoms with van der Waals surface area (Å²) in [5.74, 6) is 2.46. The quantitative estimate of drug-likeness (QED) is 0.503. The number of aromatic nitrogens is 3. The summed E-state index contributed by atoms with van der Waals surface area (Å²) in [4.78, 5) is 17.8. The molecule has 0 saturated heterocycles. The number of fused-ring (bicyclic) bond motifs is 5. The molecule has 0 aliphatic carbocycles. The SMILES string of the molecule is C#Cc1cc(-c2ccc3c(ccc4sc5c(c43)NCCNC5=O)n2)cnn1. The summed E-state index contributed by atoms with van der Waals surface area (Å²) in [6, 6.07) is 9.77. The number of nitrogens with zero attached hydrogens (tertiary/aromatic N) is 3. The van der Waals surface area contributed by atoms with Crippen molar-refractivity contribution in [1.29, 1.82) is 0 Å². The van der Waals surface area contributed by atoms with Gasteiger partial charge in [0.2, 0.25) is 0 Å². The van der Waals surface area contributed by atoms with E-state index in [1.165, 1.54) is 11.3 Å². The first kappa shape index (κ1) is 15.7. The maximum absolute atomic E-state index is 12.3. The van der Waals surface area contributed by atoms with E-state index in [1.54, 1.807) is 12.3 Å². The van der Waals surface area contributed by atoms with Crippen molar-refractivity contribution in [3.8, 4) is 23.6 Å². The van der Waals surface area contributed by atoms with E-state index in [-0.39, 0.29) is 5.91 Å². The van der Waals surface area contributed by atoms with Gasteiger partial charge < -0.3 is 10.6 Å². The highest BCUT2D eigenvalue weighted by Gasteiger charge is 2.22. The Labute approximate surface area is 158 Å². The third-order valence-corrected chi connectivity index (χ3v) is 5.69. The Morgan fingerprint density at radius 1 is 1.15 bits per heavy atom. The zero-order valence-corrected chi connectivity index (χ0v) is 14.9. The molecule has 6 nitrogen and oxygen atoms in total. The minimum atomic E-state index is -0.0291. The molecule has 4 heterocycles. The largest absolute Gasteiger partial charge is 0.381 e. The number of thiophene rings is 1. The summed E-state index contributed by atoms with van der Waals surface area (Å²) in [6.45, 7) is 1.31. The topological polar surface area (TPSA) is 79.8 Å². The molecule has 0 unspecified atom stereocenters. The van der Waals surface area contributed by atoms with Crippen molar-refractivity contribution in [3.05, 3.63) is 47.1 Å². The van der Waals surface area contributed by atoms with Gasteiger partial charge in [-0.2, -0.15) is 5.10 Å². The second kappa shape index (κ2) is 6.04. The molecule has 0 saturated carbocycles. The van der Waals surface area contributed by atoms with E-state index in [0.717, 1.165) is 42.8 Å². The number of pyridine rings is 1. The molecule has 1 aliphatic heterocycles. The van der Waals surface area contributed by atoms with E-state index in [0.29, 0.717) is 18.8 Å². The molecule has 27 heavy (non-hydrogen) atoms. The smallest absolute Gasteiger partial charge is 0.263 e. The van der Waals surface area contributed by atoms with Crippen molar-refractivity contribution >= 4 is 43.9 Å². The van der Waals surface area contributed by atoms with Crippen LogP contribution in [0.25, 0.3) is 32.2 Å². The van der Waals surface area contributed by atoms with Crippen molar-refractivity contribution in [2.75, 3.05) is 18.4 Å². The van der Waals surface area contributed by atoms with Crippen molar-refractivity contribution in [2.45, 2.75) is 0 Å². The van der Waals surface area contributed by atoms with Crippen LogP contribution in [0.1, 0.15) is 15.4 Å². The van der Waals surface area contributed by atoms with E-state index < -0.39 is 0 Å². The Hall–Kier alpha value is -3.50. The van der Waals surface area contributed by atoms with Gasteiger partial charge in [0.25, 0.3) is 5.91 Å². The molecule has 0 bridgehead atoms. The minimum absolute atomic E-state index is 0.0291. The fourth-order valence-electron chi connectivity index (χ4n) is 3.31. The summed E-state index contributed by atoms with van der Waals surface area (Å²) in [5.41, 5.74) is 3.82. The second-order valence-corrected chi connectivity index (χ2v) is 7.22. The lowest BCUT2D eigenvalue weighted by atomic mass is 10.1. The molecular formula is C20H13N5OS. The lowest BCUT2D eigenvalue weighted by Gasteiger charge is -2.07. The summed E-state index contributed by atoms with van der Waals surface area (Å²) in [6.07, 6.45) is 7.06. The first-order valence-electron chi connectivity index (χ1n) is 8.42. The van der Waals surface area contributed by atoms with Gasteiger partial charge in [-0.1, -0.05) is 0 Å². The van der Waals surface area contributed by atoms with E-state index in [2.05, 4.69) is 26.8 Å². The zero-order chi connectivity index (χ0) is 18.4. The predicted molar refractivity (Wildman–Crippen MR) is 107 cm³/mol. The van der Waals surface area contributed by atoms with Crippen molar-refractivity contribution in [3.63, 3.8) is 0 Å². The number of hydrogen-bond acceptors (Lipinski definition) is 6. The zero-order valence-electron chi connectivity index (χ0n) is 14.1. The number of benzene rings is 1. The number of rotatable bonds is 1. The highest BCUT2D eigenvalue weighted by molar-refractivity contribution is 7.21. The Kier molecular flexibility index (Phi) is 3.52. The van der Waals surface area contributed by atoms with Crippen LogP contribution in [0.2, 0.25) is 0 Å². The molecule has 3 aromatic heterocycles. The minimum Gasteiger partial charge on any atom is -0.381 e. The maximum atomic E-state index is 12.3. The van der Waals surface area contributed by atoms with Gasteiger partial charge in [0, 0.05) is 34.1 Å². The van der Waals surface area contributed by atoms with Crippen LogP contribution < -0.4 is 10.6 Å². The number of carbonyl (C=O) groups is 1. The molecule has 1 amide bonds. The monoisotopic (exact) mass is 371 g/mol. The molecule has 7 heteroatoms. The summed E-state index contributed by atoms with van der Waals surface area (Å²) < 4.78 is 1.06. The summed E-state index contributed by atoms with van der Waals surface area (Å²) in [5, 5.41) is 16.2.